The lowest BCUT2D eigenvalue weighted by atomic mass is 10.6. The van der Waals surface area contributed by atoms with Crippen LogP contribution in [0.5, 0.6) is 0 Å². The van der Waals surface area contributed by atoms with E-state index in [1.807, 2.05) is 0 Å². The first-order valence-corrected chi connectivity index (χ1v) is 6.59. The van der Waals surface area contributed by atoms with Crippen molar-refractivity contribution in [3.8, 4) is 12.0 Å². The van der Waals surface area contributed by atoms with Gasteiger partial charge in [-0.3, -0.25) is 0 Å². The van der Waals surface area contributed by atoms with Crippen LogP contribution in [0.1, 0.15) is 27.7 Å². The molecule has 1 heteroatoms. The molecular weight excluding hydrogens is 136 g/mol. The maximum atomic E-state index is 5.54. The van der Waals surface area contributed by atoms with E-state index in [9.17, 15) is 0 Å². The summed E-state index contributed by atoms with van der Waals surface area (Å²) in [5, 5.41) is 0. The molecule has 0 amide bonds. The summed E-state index contributed by atoms with van der Waals surface area (Å²) in [5.41, 5.74) is 3.80. The third-order valence-electron chi connectivity index (χ3n) is 2.65. The lowest BCUT2D eigenvalue weighted by Gasteiger charge is -2.26. The Morgan fingerprint density at radius 2 is 1.70 bits per heavy atom. The van der Waals surface area contributed by atoms with Crippen molar-refractivity contribution in [2.24, 2.45) is 0 Å². The van der Waals surface area contributed by atoms with Crippen LogP contribution in [-0.2, 0) is 0 Å². The molecule has 0 saturated carbocycles. The quantitative estimate of drug-likeness (QED) is 0.433. The Hall–Kier alpha value is -0.223. The molecule has 0 aromatic rings. The molecule has 0 aromatic carbocycles. The van der Waals surface area contributed by atoms with Crippen LogP contribution in [0.2, 0.25) is 17.6 Å². The molecule has 0 spiro atoms. The first-order chi connectivity index (χ1) is 4.63. The van der Waals surface area contributed by atoms with Crippen molar-refractivity contribution in [1.82, 2.24) is 0 Å². The molecular formula is C9H18Si. The summed E-state index contributed by atoms with van der Waals surface area (Å²) >= 11 is 0. The Labute approximate surface area is 66.0 Å². The monoisotopic (exact) mass is 154 g/mol. The van der Waals surface area contributed by atoms with Crippen molar-refractivity contribution in [2.75, 3.05) is 0 Å². The smallest absolute Gasteiger partial charge is 0.134 e. The van der Waals surface area contributed by atoms with E-state index < -0.39 is 8.07 Å². The molecule has 0 aliphatic carbocycles. The summed E-state index contributed by atoms with van der Waals surface area (Å²) in [5.74, 6) is 0. The van der Waals surface area contributed by atoms with Crippen molar-refractivity contribution in [3.05, 3.63) is 0 Å². The van der Waals surface area contributed by atoms with E-state index in [-0.39, 0.29) is 0 Å². The fourth-order valence-corrected chi connectivity index (χ4v) is 4.31. The van der Waals surface area contributed by atoms with Crippen LogP contribution < -0.4 is 0 Å². The van der Waals surface area contributed by atoms with Gasteiger partial charge in [0.05, 0.1) is 0 Å². The van der Waals surface area contributed by atoms with Gasteiger partial charge in [-0.25, -0.2) is 0 Å². The Balaban J connectivity index is 4.35. The van der Waals surface area contributed by atoms with Crippen LogP contribution in [0.3, 0.4) is 0 Å². The summed E-state index contributed by atoms with van der Waals surface area (Å²) in [4.78, 5) is 0. The molecule has 0 bridgehead atoms. The van der Waals surface area contributed by atoms with E-state index in [2.05, 4.69) is 33.2 Å². The largest absolute Gasteiger partial charge is 0.140 e. The number of hydrogen-bond donors (Lipinski definition) is 0. The number of terminal acetylenes is 1. The lowest BCUT2D eigenvalue weighted by Crippen LogP contribution is -2.34. The van der Waals surface area contributed by atoms with Crippen molar-refractivity contribution in [2.45, 2.75) is 45.3 Å². The van der Waals surface area contributed by atoms with Crippen LogP contribution in [0.4, 0.5) is 0 Å². The molecule has 0 nitrogen and oxygen atoms in total. The van der Waals surface area contributed by atoms with Gasteiger partial charge in [0.15, 0.2) is 0 Å². The van der Waals surface area contributed by atoms with Gasteiger partial charge in [-0.05, 0) is 17.6 Å². The Morgan fingerprint density at radius 3 is 1.70 bits per heavy atom. The van der Waals surface area contributed by atoms with Gasteiger partial charge < -0.3 is 0 Å². The summed E-state index contributed by atoms with van der Waals surface area (Å²) in [6, 6.07) is 2.47. The molecule has 0 aromatic heterocycles. The van der Waals surface area contributed by atoms with Gasteiger partial charge in [-0.1, -0.05) is 27.7 Å². The predicted molar refractivity (Wildman–Crippen MR) is 50.6 cm³/mol. The summed E-state index contributed by atoms with van der Waals surface area (Å²) in [7, 11) is -1.27. The van der Waals surface area contributed by atoms with Gasteiger partial charge in [-0.2, -0.15) is 0 Å². The standard InChI is InChI=1S/C9H18Si/c1-6-10(7-2,8-3)9(4)5/h1,9H,7-8H2,2-5H3. The van der Waals surface area contributed by atoms with E-state index in [0.717, 1.165) is 5.54 Å². The average Bonchev–Trinajstić information content (AvgIpc) is 1.92. The zero-order valence-electron chi connectivity index (χ0n) is 7.57. The second kappa shape index (κ2) is 3.83. The third-order valence-corrected chi connectivity index (χ3v) is 7.96. The Morgan fingerprint density at radius 1 is 1.30 bits per heavy atom. The third kappa shape index (κ3) is 1.64. The minimum Gasteiger partial charge on any atom is -0.134 e. The van der Waals surface area contributed by atoms with Crippen LogP contribution in [0.15, 0.2) is 0 Å². The van der Waals surface area contributed by atoms with E-state index in [4.69, 9.17) is 6.42 Å². The minimum atomic E-state index is -1.27. The van der Waals surface area contributed by atoms with Crippen LogP contribution in [0.25, 0.3) is 0 Å². The second-order valence-corrected chi connectivity index (χ2v) is 8.33. The highest BCUT2D eigenvalue weighted by molar-refractivity contribution is 6.88. The molecule has 0 atom stereocenters. The van der Waals surface area contributed by atoms with E-state index in [0.29, 0.717) is 0 Å². The van der Waals surface area contributed by atoms with Crippen molar-refractivity contribution >= 4 is 8.07 Å². The fraction of sp³-hybridized carbons (Fsp3) is 0.778. The molecule has 0 N–H and O–H groups in total. The predicted octanol–water partition coefficient (Wildman–Crippen LogP) is 3.06. The fourth-order valence-electron chi connectivity index (χ4n) is 1.44. The zero-order chi connectivity index (χ0) is 8.20. The molecule has 0 heterocycles. The van der Waals surface area contributed by atoms with Gasteiger partial charge in [-0.15, -0.1) is 12.0 Å². The van der Waals surface area contributed by atoms with E-state index in [1.165, 1.54) is 12.1 Å². The molecule has 0 aliphatic heterocycles. The van der Waals surface area contributed by atoms with E-state index in [1.54, 1.807) is 0 Å². The Bertz CT molecular complexity index is 126. The lowest BCUT2D eigenvalue weighted by molar-refractivity contribution is 0.982. The summed E-state index contributed by atoms with van der Waals surface area (Å²) in [6.45, 7) is 8.99. The van der Waals surface area contributed by atoms with Gasteiger partial charge in [0.25, 0.3) is 0 Å². The molecule has 0 radical (unpaired) electrons. The molecule has 10 heavy (non-hydrogen) atoms. The van der Waals surface area contributed by atoms with Gasteiger partial charge in [0.1, 0.15) is 8.07 Å². The van der Waals surface area contributed by atoms with Crippen molar-refractivity contribution in [1.29, 1.82) is 0 Å². The highest BCUT2D eigenvalue weighted by atomic mass is 28.3. The van der Waals surface area contributed by atoms with Crippen molar-refractivity contribution in [3.63, 3.8) is 0 Å². The second-order valence-electron chi connectivity index (χ2n) is 3.16. The number of rotatable bonds is 3. The van der Waals surface area contributed by atoms with Crippen molar-refractivity contribution < 1.29 is 0 Å². The van der Waals surface area contributed by atoms with Gasteiger partial charge in [0, 0.05) is 0 Å². The van der Waals surface area contributed by atoms with Crippen LogP contribution >= 0.6 is 0 Å². The normalized spacial score (nSPS) is 11.6. The topological polar surface area (TPSA) is 0 Å². The molecule has 58 valence electrons. The summed E-state index contributed by atoms with van der Waals surface area (Å²) in [6.07, 6.45) is 5.54. The maximum absolute atomic E-state index is 5.54. The highest BCUT2D eigenvalue weighted by Gasteiger charge is 2.30. The first kappa shape index (κ1) is 9.78. The first-order valence-electron chi connectivity index (χ1n) is 4.10. The minimum absolute atomic E-state index is 0.743. The highest BCUT2D eigenvalue weighted by Crippen LogP contribution is 2.27. The SMILES string of the molecule is C#C[Si](CC)(CC)C(C)C. The molecule has 0 fully saturated rings. The van der Waals surface area contributed by atoms with Gasteiger partial charge in [0.2, 0.25) is 0 Å². The maximum Gasteiger partial charge on any atom is 0.140 e. The Kier molecular flexibility index (Phi) is 3.74. The zero-order valence-corrected chi connectivity index (χ0v) is 8.57. The summed E-state index contributed by atoms with van der Waals surface area (Å²) < 4.78 is 0. The molecule has 0 rings (SSSR count). The van der Waals surface area contributed by atoms with Gasteiger partial charge >= 0.3 is 0 Å². The molecule has 0 saturated heterocycles. The molecule has 0 aliphatic rings. The van der Waals surface area contributed by atoms with Crippen LogP contribution in [-0.4, -0.2) is 8.07 Å². The van der Waals surface area contributed by atoms with E-state index >= 15 is 0 Å². The van der Waals surface area contributed by atoms with Crippen LogP contribution in [0, 0.1) is 12.0 Å². The number of hydrogen-bond acceptors (Lipinski definition) is 0. The average molecular weight is 154 g/mol. The molecule has 0 unspecified atom stereocenters.